The molecule has 1 aromatic carbocycles. The molecule has 5 rings (SSSR count). The molecule has 1 aliphatic heterocycles. The molecule has 0 saturated heterocycles. The summed E-state index contributed by atoms with van der Waals surface area (Å²) in [5.41, 5.74) is 8.88. The van der Waals surface area contributed by atoms with Crippen LogP contribution in [0.5, 0.6) is 11.5 Å². The second-order valence-electron chi connectivity index (χ2n) is 8.34. The summed E-state index contributed by atoms with van der Waals surface area (Å²) in [6.45, 7) is 6.67. The number of fused-ring (bicyclic) bond motifs is 2. The zero-order valence-electron chi connectivity index (χ0n) is 18.5. The van der Waals surface area contributed by atoms with E-state index in [0.717, 1.165) is 34.1 Å². The van der Waals surface area contributed by atoms with Crippen molar-refractivity contribution >= 4 is 28.3 Å². The third-order valence-corrected chi connectivity index (χ3v) is 6.37. The maximum Gasteiger partial charge on any atom is 0.312 e. The van der Waals surface area contributed by atoms with Gasteiger partial charge in [0.2, 0.25) is 6.79 Å². The summed E-state index contributed by atoms with van der Waals surface area (Å²) in [7, 11) is 0. The molecule has 3 aromatic heterocycles. The predicted molar refractivity (Wildman–Crippen MR) is 126 cm³/mol. The van der Waals surface area contributed by atoms with Crippen molar-refractivity contribution in [1.29, 1.82) is 0 Å². The van der Waals surface area contributed by atoms with Crippen LogP contribution in [0.2, 0.25) is 0 Å². The van der Waals surface area contributed by atoms with Gasteiger partial charge in [-0.05, 0) is 47.2 Å². The molecule has 0 unspecified atom stereocenters. The fraction of sp³-hybridized carbons (Fsp3) is 0.348. The Hall–Kier alpha value is -3.24. The van der Waals surface area contributed by atoms with Gasteiger partial charge in [0, 0.05) is 24.4 Å². The topological polar surface area (TPSA) is 100 Å². The largest absolute Gasteiger partial charge is 0.454 e. The molecule has 0 radical (unpaired) electrons. The molecule has 0 spiro atoms. The fourth-order valence-electron chi connectivity index (χ4n) is 3.95. The number of benzene rings is 1. The van der Waals surface area contributed by atoms with Gasteiger partial charge < -0.3 is 25.1 Å². The van der Waals surface area contributed by atoms with Gasteiger partial charge in [0.15, 0.2) is 28.5 Å². The van der Waals surface area contributed by atoms with Gasteiger partial charge in [-0.3, -0.25) is 0 Å². The lowest BCUT2D eigenvalue weighted by molar-refractivity contribution is 0.174. The Labute approximate surface area is 194 Å². The highest BCUT2D eigenvalue weighted by molar-refractivity contribution is 7.13. The maximum absolute atomic E-state index is 14.0. The molecule has 3 N–H and O–H groups in total. The molecule has 0 amide bonds. The number of nitrogens with one attached hydrogen (secondary N) is 1. The number of halogens is 1. The van der Waals surface area contributed by atoms with Gasteiger partial charge in [0.05, 0.1) is 0 Å². The van der Waals surface area contributed by atoms with Crippen LogP contribution in [0.4, 0.5) is 10.2 Å². The number of ether oxygens (including phenoxy) is 2. The minimum atomic E-state index is -0.856. The number of aromatic nitrogens is 4. The number of anilines is 1. The van der Waals surface area contributed by atoms with Crippen molar-refractivity contribution in [2.75, 3.05) is 25.6 Å². The molecule has 0 aliphatic carbocycles. The Morgan fingerprint density at radius 1 is 1.21 bits per heavy atom. The van der Waals surface area contributed by atoms with Gasteiger partial charge in [0.25, 0.3) is 0 Å². The standard InChI is InChI=1S/C23H25FN6O2S/c1-13(2)11-26-5-6-30-19(27-20-21(25)28-23(24)29-22(20)30)9-14-8-16-17(32-12-31-16)10-15(14)18-4-3-7-33-18/h3-4,7-8,10,13,26H,5-6,9,11-12H2,1-2H3,(H2,25,28,29). The molecule has 10 heteroatoms. The first-order valence-electron chi connectivity index (χ1n) is 10.8. The molecule has 8 nitrogen and oxygen atoms in total. The molecule has 0 bridgehead atoms. The second kappa shape index (κ2) is 8.95. The number of thiophene rings is 1. The highest BCUT2D eigenvalue weighted by Crippen LogP contribution is 2.41. The van der Waals surface area contributed by atoms with Crippen LogP contribution < -0.4 is 20.5 Å². The second-order valence-corrected chi connectivity index (χ2v) is 9.29. The summed E-state index contributed by atoms with van der Waals surface area (Å²) in [5, 5.41) is 5.46. The van der Waals surface area contributed by atoms with Crippen molar-refractivity contribution in [2.24, 2.45) is 5.92 Å². The Balaban J connectivity index is 1.56. The number of hydrogen-bond donors (Lipinski definition) is 2. The SMILES string of the molecule is CC(C)CNCCn1c(Cc2cc3c(cc2-c2cccs2)OCO3)nc2c(N)nc(F)nc21. The van der Waals surface area contributed by atoms with Crippen molar-refractivity contribution in [2.45, 2.75) is 26.8 Å². The van der Waals surface area contributed by atoms with Gasteiger partial charge in [-0.1, -0.05) is 19.9 Å². The average Bonchev–Trinajstić information content (AvgIpc) is 3.51. The number of nitrogens with two attached hydrogens (primary N) is 1. The van der Waals surface area contributed by atoms with Crippen LogP contribution >= 0.6 is 11.3 Å². The van der Waals surface area contributed by atoms with Gasteiger partial charge in [-0.25, -0.2) is 4.98 Å². The zero-order chi connectivity index (χ0) is 22.9. The van der Waals surface area contributed by atoms with Crippen molar-refractivity contribution < 1.29 is 13.9 Å². The van der Waals surface area contributed by atoms with E-state index in [2.05, 4.69) is 35.2 Å². The maximum atomic E-state index is 14.0. The Kier molecular flexibility index (Phi) is 5.86. The van der Waals surface area contributed by atoms with Crippen LogP contribution in [0, 0.1) is 12.0 Å². The number of hydrogen-bond acceptors (Lipinski definition) is 8. The Morgan fingerprint density at radius 2 is 2.03 bits per heavy atom. The van der Waals surface area contributed by atoms with Gasteiger partial charge in [-0.2, -0.15) is 14.4 Å². The first-order valence-corrected chi connectivity index (χ1v) is 11.7. The summed E-state index contributed by atoms with van der Waals surface area (Å²) in [4.78, 5) is 13.5. The lowest BCUT2D eigenvalue weighted by atomic mass is 10.0. The summed E-state index contributed by atoms with van der Waals surface area (Å²) >= 11 is 1.65. The molecule has 0 atom stereocenters. The molecule has 0 fully saturated rings. The number of rotatable bonds is 8. The smallest absolute Gasteiger partial charge is 0.312 e. The third kappa shape index (κ3) is 4.36. The highest BCUT2D eigenvalue weighted by atomic mass is 32.1. The van der Waals surface area contributed by atoms with E-state index in [-0.39, 0.29) is 12.6 Å². The summed E-state index contributed by atoms with van der Waals surface area (Å²) in [5.74, 6) is 2.74. The van der Waals surface area contributed by atoms with Crippen LogP contribution in [-0.2, 0) is 13.0 Å². The van der Waals surface area contributed by atoms with E-state index >= 15 is 0 Å². The monoisotopic (exact) mass is 468 g/mol. The van der Waals surface area contributed by atoms with E-state index in [1.165, 1.54) is 0 Å². The summed E-state index contributed by atoms with van der Waals surface area (Å²) < 4.78 is 27.2. The minimum absolute atomic E-state index is 0.0387. The normalized spacial score (nSPS) is 12.8. The van der Waals surface area contributed by atoms with Crippen LogP contribution in [-0.4, -0.2) is 39.4 Å². The van der Waals surface area contributed by atoms with Crippen molar-refractivity contribution in [1.82, 2.24) is 24.8 Å². The van der Waals surface area contributed by atoms with E-state index < -0.39 is 6.08 Å². The molecule has 33 heavy (non-hydrogen) atoms. The molecule has 172 valence electrons. The quantitative estimate of drug-likeness (QED) is 0.299. The van der Waals surface area contributed by atoms with Crippen molar-refractivity contribution in [3.05, 3.63) is 47.1 Å². The number of imidazole rings is 1. The van der Waals surface area contributed by atoms with E-state index in [9.17, 15) is 4.39 Å². The lowest BCUT2D eigenvalue weighted by Gasteiger charge is -2.13. The van der Waals surface area contributed by atoms with Crippen LogP contribution in [0.25, 0.3) is 21.6 Å². The Morgan fingerprint density at radius 3 is 2.79 bits per heavy atom. The molecule has 0 saturated carbocycles. The van der Waals surface area contributed by atoms with Crippen LogP contribution in [0.15, 0.2) is 29.6 Å². The van der Waals surface area contributed by atoms with Crippen molar-refractivity contribution in [3.63, 3.8) is 0 Å². The fourth-order valence-corrected chi connectivity index (χ4v) is 4.73. The molecule has 4 heterocycles. The number of nitrogens with zero attached hydrogens (tertiary/aromatic N) is 4. The van der Waals surface area contributed by atoms with E-state index in [0.29, 0.717) is 42.3 Å². The molecular formula is C23H25FN6O2S. The zero-order valence-corrected chi connectivity index (χ0v) is 19.3. The predicted octanol–water partition coefficient (Wildman–Crippen LogP) is 3.84. The Bertz CT molecular complexity index is 1290. The van der Waals surface area contributed by atoms with Gasteiger partial charge in [-0.15, -0.1) is 11.3 Å². The van der Waals surface area contributed by atoms with E-state index in [1.54, 1.807) is 11.3 Å². The third-order valence-electron chi connectivity index (χ3n) is 5.47. The highest BCUT2D eigenvalue weighted by Gasteiger charge is 2.22. The molecular weight excluding hydrogens is 443 g/mol. The van der Waals surface area contributed by atoms with E-state index in [1.807, 2.05) is 28.1 Å². The lowest BCUT2D eigenvalue weighted by Crippen LogP contribution is -2.25. The summed E-state index contributed by atoms with van der Waals surface area (Å²) in [6.07, 6.45) is -0.365. The first kappa shape index (κ1) is 21.6. The van der Waals surface area contributed by atoms with Crippen LogP contribution in [0.3, 0.4) is 0 Å². The first-order chi connectivity index (χ1) is 16.0. The van der Waals surface area contributed by atoms with Gasteiger partial charge >= 0.3 is 6.08 Å². The molecule has 4 aromatic rings. The van der Waals surface area contributed by atoms with E-state index in [4.69, 9.17) is 20.2 Å². The van der Waals surface area contributed by atoms with Gasteiger partial charge in [0.1, 0.15) is 5.82 Å². The minimum Gasteiger partial charge on any atom is -0.454 e. The number of nitrogen functional groups attached to an aromatic ring is 1. The summed E-state index contributed by atoms with van der Waals surface area (Å²) in [6, 6.07) is 8.09. The van der Waals surface area contributed by atoms with Crippen LogP contribution in [0.1, 0.15) is 25.2 Å². The molecule has 1 aliphatic rings. The average molecular weight is 469 g/mol. The van der Waals surface area contributed by atoms with Crippen molar-refractivity contribution in [3.8, 4) is 21.9 Å².